The SMILES string of the molecule is CC1(C)c2ccccc2-c2ccc3c4cnccc4n(-c4cc5c6c(c4)Oc4ccccc4B6c4ccccc4O5)c3c21.c1ccc2c(c1)Oc1cc(-n3c4ccccc4c4ccc5sc6ncccc6c5c43)cc3c1B2c1ccccc1O3.c1ccc2c(c1)Oc1cc(-n3c4cccnc4c4c5c(ccc43)C3(c4ccccc4-c4ccccc43)c3ccccc3-5)cc3c1B2c1ccccc1O3. The Hall–Kier alpha value is -17.2. The molecule has 0 radical (unpaired) electrons. The van der Waals surface area contributed by atoms with Gasteiger partial charge in [-0.15, -0.1) is 11.3 Å². The van der Waals surface area contributed by atoms with E-state index in [0.29, 0.717) is 0 Å². The van der Waals surface area contributed by atoms with E-state index in [2.05, 4.69) is 354 Å². The number of fused-ring (bicyclic) bond motifs is 40. The summed E-state index contributed by atoms with van der Waals surface area (Å²) in [4.78, 5) is 15.4. The highest BCUT2D eigenvalue weighted by molar-refractivity contribution is 7.25. The summed E-state index contributed by atoms with van der Waals surface area (Å²) in [6.07, 6.45) is 7.67. The number of benzene rings is 17. The van der Waals surface area contributed by atoms with Crippen molar-refractivity contribution in [1.82, 2.24) is 28.7 Å². The molecule has 0 saturated heterocycles. The molecule has 0 saturated carbocycles. The number of hydrogen-bond acceptors (Lipinski definition) is 10. The maximum absolute atomic E-state index is 6.74. The van der Waals surface area contributed by atoms with Crippen molar-refractivity contribution < 1.29 is 28.4 Å². The van der Waals surface area contributed by atoms with Gasteiger partial charge in [0, 0.05) is 125 Å². The second-order valence-electron chi connectivity index (χ2n) is 37.6. The molecule has 13 heterocycles. The first-order valence-electron chi connectivity index (χ1n) is 46.8. The molecule has 12 nitrogen and oxygen atoms in total. The van der Waals surface area contributed by atoms with E-state index in [0.717, 1.165) is 157 Å². The largest absolute Gasteiger partial charge is 0.458 e. The number of pyridine rings is 3. The summed E-state index contributed by atoms with van der Waals surface area (Å²) in [5.41, 5.74) is 36.1. The molecule has 24 aromatic rings. The first-order valence-corrected chi connectivity index (χ1v) is 47.6. The second-order valence-corrected chi connectivity index (χ2v) is 38.6. The zero-order chi connectivity index (χ0) is 89.5. The van der Waals surface area contributed by atoms with Crippen LogP contribution < -0.4 is 77.6 Å². The number of aromatic nitrogens is 6. The third kappa shape index (κ3) is 10.1. The van der Waals surface area contributed by atoms with E-state index in [1.54, 1.807) is 11.3 Å². The molecule has 3 aliphatic carbocycles. The number of thiophene rings is 1. The van der Waals surface area contributed by atoms with Crippen LogP contribution in [-0.4, -0.2) is 48.8 Å². The van der Waals surface area contributed by atoms with Gasteiger partial charge in [-0.3, -0.25) is 9.97 Å². The summed E-state index contributed by atoms with van der Waals surface area (Å²) in [5, 5.41) is 8.34. The van der Waals surface area contributed by atoms with Crippen LogP contribution in [0.5, 0.6) is 69.0 Å². The Morgan fingerprint density at radius 2 is 0.679 bits per heavy atom. The van der Waals surface area contributed by atoms with Gasteiger partial charge in [0.2, 0.25) is 0 Å². The van der Waals surface area contributed by atoms with E-state index < -0.39 is 5.41 Å². The van der Waals surface area contributed by atoms with Gasteiger partial charge in [-0.1, -0.05) is 263 Å². The van der Waals surface area contributed by atoms with Gasteiger partial charge in [0.05, 0.1) is 61.1 Å². The minimum Gasteiger partial charge on any atom is -0.458 e. The number of ether oxygens (including phenoxy) is 6. The van der Waals surface area contributed by atoms with Gasteiger partial charge >= 0.3 is 0 Å². The highest BCUT2D eigenvalue weighted by atomic mass is 32.1. The van der Waals surface area contributed by atoms with Crippen molar-refractivity contribution in [1.29, 1.82) is 0 Å². The smallest absolute Gasteiger partial charge is 0.260 e. The second kappa shape index (κ2) is 27.7. The fourth-order valence-corrected chi connectivity index (χ4v) is 26.2. The van der Waals surface area contributed by atoms with E-state index >= 15 is 0 Å². The van der Waals surface area contributed by atoms with Crippen LogP contribution in [-0.2, 0) is 10.8 Å². The lowest BCUT2D eigenvalue weighted by Crippen LogP contribution is -2.57. The van der Waals surface area contributed by atoms with E-state index in [9.17, 15) is 0 Å². The van der Waals surface area contributed by atoms with Crippen LogP contribution >= 0.6 is 11.3 Å². The molecule has 7 aromatic heterocycles. The highest BCUT2D eigenvalue weighted by Gasteiger charge is 2.53. The first-order chi connectivity index (χ1) is 67.7. The van der Waals surface area contributed by atoms with Gasteiger partial charge in [0.1, 0.15) is 73.8 Å². The lowest BCUT2D eigenvalue weighted by Gasteiger charge is -2.33. The molecular formula is C121H71B3N6O6S. The van der Waals surface area contributed by atoms with Crippen LogP contribution in [0.2, 0.25) is 0 Å². The Labute approximate surface area is 790 Å². The molecule has 1 spiro atoms. The van der Waals surface area contributed by atoms with Crippen molar-refractivity contribution in [2.75, 3.05) is 0 Å². The maximum Gasteiger partial charge on any atom is 0.260 e. The van der Waals surface area contributed by atoms with Gasteiger partial charge in [-0.2, -0.15) is 0 Å². The van der Waals surface area contributed by atoms with Gasteiger partial charge in [0.25, 0.3) is 20.1 Å². The van der Waals surface area contributed by atoms with E-state index in [4.69, 9.17) is 38.4 Å². The normalized spacial score (nSPS) is 14.2. The maximum atomic E-state index is 6.74. The predicted octanol–water partition coefficient (Wildman–Crippen LogP) is 23.7. The molecule has 0 unspecified atom stereocenters. The Kier molecular flexibility index (Phi) is 15.3. The molecule has 33 rings (SSSR count). The Balaban J connectivity index is 0.0000000964. The molecule has 0 bridgehead atoms. The minimum absolute atomic E-state index is 0.0249. The molecule has 0 fully saturated rings. The van der Waals surface area contributed by atoms with Gasteiger partial charge in [0.15, 0.2) is 0 Å². The van der Waals surface area contributed by atoms with Crippen molar-refractivity contribution in [2.45, 2.75) is 24.7 Å². The predicted molar refractivity (Wildman–Crippen MR) is 556 cm³/mol. The number of nitrogens with zero attached hydrogens (tertiary/aromatic N) is 6. The number of rotatable bonds is 3. The van der Waals surface area contributed by atoms with Gasteiger partial charge in [-0.25, -0.2) is 4.98 Å². The zero-order valence-electron chi connectivity index (χ0n) is 73.8. The van der Waals surface area contributed by atoms with Gasteiger partial charge < -0.3 is 42.1 Å². The highest BCUT2D eigenvalue weighted by Crippen LogP contribution is 2.65. The van der Waals surface area contributed by atoms with Crippen molar-refractivity contribution >= 4 is 166 Å². The fraction of sp³-hybridized carbons (Fsp3) is 0.0331. The summed E-state index contributed by atoms with van der Waals surface area (Å²) in [6, 6.07) is 132. The molecule has 636 valence electrons. The Morgan fingerprint density at radius 1 is 0.277 bits per heavy atom. The number of para-hydroxylation sites is 7. The van der Waals surface area contributed by atoms with Crippen molar-refractivity contribution in [2.24, 2.45) is 0 Å². The molecule has 0 atom stereocenters. The first kappa shape index (κ1) is 75.4. The van der Waals surface area contributed by atoms with Crippen LogP contribution in [0.25, 0.3) is 136 Å². The molecular weight excluding hydrogens is 1700 g/mol. The Morgan fingerprint density at radius 3 is 1.21 bits per heavy atom. The summed E-state index contributed by atoms with van der Waals surface area (Å²) in [7, 11) is 0. The number of hydrogen-bond donors (Lipinski definition) is 0. The molecule has 6 aliphatic heterocycles. The average molecular weight is 1770 g/mol. The van der Waals surface area contributed by atoms with E-state index in [1.807, 2.05) is 73.3 Å². The zero-order valence-corrected chi connectivity index (χ0v) is 74.6. The van der Waals surface area contributed by atoms with Crippen LogP contribution in [0.1, 0.15) is 47.2 Å². The molecule has 0 amide bonds. The topological polar surface area (TPSA) is 109 Å². The minimum atomic E-state index is -0.427. The third-order valence-electron chi connectivity index (χ3n) is 30.5. The Bertz CT molecular complexity index is 9320. The molecule has 9 aliphatic rings. The van der Waals surface area contributed by atoms with Crippen LogP contribution in [0.15, 0.2) is 395 Å². The van der Waals surface area contributed by atoms with Crippen LogP contribution in [0, 0.1) is 0 Å². The van der Waals surface area contributed by atoms with Crippen molar-refractivity contribution in [3.05, 3.63) is 428 Å². The molecule has 16 heteroatoms. The van der Waals surface area contributed by atoms with Crippen LogP contribution in [0.4, 0.5) is 0 Å². The average Bonchev–Trinajstić information content (AvgIpc) is 1.50. The van der Waals surface area contributed by atoms with Crippen molar-refractivity contribution in [3.63, 3.8) is 0 Å². The van der Waals surface area contributed by atoms with Gasteiger partial charge in [-0.05, 0) is 184 Å². The van der Waals surface area contributed by atoms with E-state index in [1.165, 1.54) is 131 Å². The fourth-order valence-electron chi connectivity index (χ4n) is 25.2. The molecule has 0 N–H and O–H groups in total. The standard InChI is InChI=1S/C48H27BN2O2.C38H25BN2O2.C35H19BN2O2S/c1-4-15-32-29(12-1)30-13-2-5-16-33(30)48(32)34-17-6-3-14-31(34)44-35(48)23-24-38-45(44)47-39(20-11-25-50-47)51(38)28-26-42-46-43(27-28)53-41-22-10-8-19-37(41)49(46)36-18-7-9-21-40(36)52-42;1-38(2)27-10-4-3-9-23(27)24-15-16-25-26-21-40-18-17-30(26)41(37(25)35(24)38)22-19-33-36-34(20-22)43-32-14-8-6-12-29(32)39(36)28-11-5-7-13-31(28)42-33;1-4-12-26-21(8-1)22-15-16-31-32(23-9-7-17-37-35(23)41-31)34(22)38(26)20-18-29-33-30(19-20)40-28-14-6-3-11-25(28)36(33)24-10-2-5-13-27(24)39-29/h1-27H;3-21H,1-2H3;1-19H. The summed E-state index contributed by atoms with van der Waals surface area (Å²) in [5.74, 6) is 10.3. The summed E-state index contributed by atoms with van der Waals surface area (Å²) in [6.45, 7) is 4.82. The summed E-state index contributed by atoms with van der Waals surface area (Å²) < 4.78 is 48.5. The monoisotopic (exact) mass is 1770 g/mol. The lowest BCUT2D eigenvalue weighted by molar-refractivity contribution is 0.463. The molecule has 137 heavy (non-hydrogen) atoms. The molecule has 17 aromatic carbocycles. The van der Waals surface area contributed by atoms with E-state index in [-0.39, 0.29) is 25.6 Å². The van der Waals surface area contributed by atoms with Crippen molar-refractivity contribution in [3.8, 4) is 119 Å². The lowest BCUT2D eigenvalue weighted by atomic mass is 9.35. The summed E-state index contributed by atoms with van der Waals surface area (Å²) >= 11 is 1.74. The van der Waals surface area contributed by atoms with Crippen LogP contribution in [0.3, 0.4) is 0 Å². The quantitative estimate of drug-likeness (QED) is 0.160. The third-order valence-corrected chi connectivity index (χ3v) is 31.6.